The standard InChI is InChI=1S/C28H40F4/c1-2-3-4-5-21-8-13-24(14-9-21)25-15-10-22(11-16-25)6-7-23-12-17-26(27(29)20-23)18-19-28(30,31)32/h12,17-22,24-25H,2-11,13-16H2,1H3. The fourth-order valence-corrected chi connectivity index (χ4v) is 6.00. The van der Waals surface area contributed by atoms with E-state index in [1.165, 1.54) is 89.2 Å². The first-order chi connectivity index (χ1) is 15.3. The van der Waals surface area contributed by atoms with Crippen LogP contribution >= 0.6 is 0 Å². The van der Waals surface area contributed by atoms with Gasteiger partial charge in [0.25, 0.3) is 0 Å². The maximum atomic E-state index is 14.1. The van der Waals surface area contributed by atoms with Crippen LogP contribution in [0.2, 0.25) is 0 Å². The van der Waals surface area contributed by atoms with Gasteiger partial charge in [-0.1, -0.05) is 70.4 Å². The third kappa shape index (κ3) is 8.23. The predicted octanol–water partition coefficient (Wildman–Crippen LogP) is 9.53. The van der Waals surface area contributed by atoms with Gasteiger partial charge in [-0.25, -0.2) is 4.39 Å². The van der Waals surface area contributed by atoms with Gasteiger partial charge in [-0.05, 0) is 79.9 Å². The van der Waals surface area contributed by atoms with Gasteiger partial charge < -0.3 is 0 Å². The summed E-state index contributed by atoms with van der Waals surface area (Å²) in [6.45, 7) is 2.28. The molecule has 2 aliphatic carbocycles. The molecule has 32 heavy (non-hydrogen) atoms. The zero-order chi connectivity index (χ0) is 23.0. The Hall–Kier alpha value is -1.32. The molecule has 0 bridgehead atoms. The molecule has 0 aromatic heterocycles. The maximum absolute atomic E-state index is 14.1. The third-order valence-corrected chi connectivity index (χ3v) is 8.02. The molecule has 0 unspecified atom stereocenters. The van der Waals surface area contributed by atoms with Crippen molar-refractivity contribution in [2.45, 2.75) is 103 Å². The highest BCUT2D eigenvalue weighted by Gasteiger charge is 2.30. The van der Waals surface area contributed by atoms with Crippen LogP contribution < -0.4 is 0 Å². The number of rotatable bonds is 9. The molecular weight excluding hydrogens is 412 g/mol. The molecule has 2 aliphatic rings. The first-order valence-corrected chi connectivity index (χ1v) is 12.9. The van der Waals surface area contributed by atoms with Crippen LogP contribution in [0.1, 0.15) is 102 Å². The number of hydrogen-bond acceptors (Lipinski definition) is 0. The Bertz CT molecular complexity index is 705. The summed E-state index contributed by atoms with van der Waals surface area (Å²) in [5, 5.41) is 0. The van der Waals surface area contributed by atoms with E-state index in [-0.39, 0.29) is 11.6 Å². The third-order valence-electron chi connectivity index (χ3n) is 8.02. The number of hydrogen-bond donors (Lipinski definition) is 0. The Morgan fingerprint density at radius 2 is 1.44 bits per heavy atom. The highest BCUT2D eigenvalue weighted by Crippen LogP contribution is 2.43. The van der Waals surface area contributed by atoms with Gasteiger partial charge in [0.05, 0.1) is 0 Å². The number of alkyl halides is 3. The van der Waals surface area contributed by atoms with Crippen molar-refractivity contribution in [1.29, 1.82) is 0 Å². The average molecular weight is 453 g/mol. The second kappa shape index (κ2) is 12.2. The molecule has 180 valence electrons. The molecule has 0 atom stereocenters. The smallest absolute Gasteiger partial charge is 0.206 e. The van der Waals surface area contributed by atoms with Crippen LogP contribution in [0.15, 0.2) is 24.3 Å². The van der Waals surface area contributed by atoms with Gasteiger partial charge in [0, 0.05) is 11.6 Å². The van der Waals surface area contributed by atoms with Gasteiger partial charge in [0.2, 0.25) is 0 Å². The topological polar surface area (TPSA) is 0 Å². The quantitative estimate of drug-likeness (QED) is 0.258. The minimum absolute atomic E-state index is 0.00772. The van der Waals surface area contributed by atoms with Crippen LogP contribution in [-0.4, -0.2) is 6.18 Å². The summed E-state index contributed by atoms with van der Waals surface area (Å²) in [7, 11) is 0. The van der Waals surface area contributed by atoms with Gasteiger partial charge in [-0.3, -0.25) is 0 Å². The highest BCUT2D eigenvalue weighted by molar-refractivity contribution is 5.51. The molecule has 0 aliphatic heterocycles. The van der Waals surface area contributed by atoms with E-state index in [0.29, 0.717) is 5.92 Å². The van der Waals surface area contributed by atoms with E-state index in [9.17, 15) is 17.6 Å². The molecule has 2 saturated carbocycles. The first kappa shape index (κ1) is 25.3. The van der Waals surface area contributed by atoms with Crippen molar-refractivity contribution < 1.29 is 17.6 Å². The van der Waals surface area contributed by atoms with Crippen LogP contribution in [0.5, 0.6) is 0 Å². The van der Waals surface area contributed by atoms with Crippen LogP contribution in [0.3, 0.4) is 0 Å². The molecule has 0 nitrogen and oxygen atoms in total. The van der Waals surface area contributed by atoms with E-state index in [1.807, 2.05) is 0 Å². The Morgan fingerprint density at radius 1 is 0.844 bits per heavy atom. The van der Waals surface area contributed by atoms with Crippen molar-refractivity contribution in [2.24, 2.45) is 23.7 Å². The Morgan fingerprint density at radius 3 is 1.97 bits per heavy atom. The lowest BCUT2D eigenvalue weighted by atomic mass is 9.68. The van der Waals surface area contributed by atoms with Gasteiger partial charge >= 0.3 is 6.18 Å². The lowest BCUT2D eigenvalue weighted by Crippen LogP contribution is -2.26. The molecule has 0 amide bonds. The van der Waals surface area contributed by atoms with E-state index in [1.54, 1.807) is 6.07 Å². The van der Waals surface area contributed by atoms with Crippen molar-refractivity contribution in [2.75, 3.05) is 0 Å². The summed E-state index contributed by atoms with van der Waals surface area (Å²) in [4.78, 5) is 0. The molecule has 0 saturated heterocycles. The SMILES string of the molecule is CCCCCC1CCC(C2CCC(CCc3ccc(C=CC(F)(F)F)c(F)c3)CC2)CC1. The molecule has 4 heteroatoms. The number of benzene rings is 1. The lowest BCUT2D eigenvalue weighted by molar-refractivity contribution is -0.0790. The molecule has 3 rings (SSSR count). The molecule has 1 aromatic rings. The largest absolute Gasteiger partial charge is 0.409 e. The second-order valence-corrected chi connectivity index (χ2v) is 10.3. The highest BCUT2D eigenvalue weighted by atomic mass is 19.4. The molecule has 0 N–H and O–H groups in total. The zero-order valence-corrected chi connectivity index (χ0v) is 19.6. The van der Waals surface area contributed by atoms with Gasteiger partial charge in [0.15, 0.2) is 0 Å². The van der Waals surface area contributed by atoms with E-state index >= 15 is 0 Å². The number of unbranched alkanes of at least 4 members (excludes halogenated alkanes) is 2. The minimum Gasteiger partial charge on any atom is -0.206 e. The van der Waals surface area contributed by atoms with Crippen LogP contribution in [0, 0.1) is 29.5 Å². The number of aryl methyl sites for hydroxylation is 1. The normalized spacial score (nSPS) is 27.2. The molecule has 0 heterocycles. The average Bonchev–Trinajstić information content (AvgIpc) is 2.77. The zero-order valence-electron chi connectivity index (χ0n) is 19.6. The van der Waals surface area contributed by atoms with Crippen LogP contribution in [-0.2, 0) is 6.42 Å². The second-order valence-electron chi connectivity index (χ2n) is 10.3. The summed E-state index contributed by atoms with van der Waals surface area (Å²) < 4.78 is 51.0. The molecule has 0 spiro atoms. The van der Waals surface area contributed by atoms with Gasteiger partial charge in [0.1, 0.15) is 5.82 Å². The summed E-state index contributed by atoms with van der Waals surface area (Å²) in [6.07, 6.45) is 14.8. The Labute approximate surface area is 191 Å². The number of halogens is 4. The van der Waals surface area contributed by atoms with Crippen LogP contribution in [0.25, 0.3) is 6.08 Å². The number of allylic oxidation sites excluding steroid dienone is 1. The lowest BCUT2D eigenvalue weighted by Gasteiger charge is -2.38. The van der Waals surface area contributed by atoms with Crippen molar-refractivity contribution in [3.63, 3.8) is 0 Å². The van der Waals surface area contributed by atoms with Crippen molar-refractivity contribution >= 4 is 6.08 Å². The Kier molecular flexibility index (Phi) is 9.67. The molecule has 2 fully saturated rings. The monoisotopic (exact) mass is 452 g/mol. The summed E-state index contributed by atoms with van der Waals surface area (Å²) in [5.74, 6) is 2.94. The van der Waals surface area contributed by atoms with E-state index in [4.69, 9.17) is 0 Å². The van der Waals surface area contributed by atoms with Crippen molar-refractivity contribution in [1.82, 2.24) is 0 Å². The van der Waals surface area contributed by atoms with Crippen molar-refractivity contribution in [3.8, 4) is 0 Å². The molecule has 1 aromatic carbocycles. The maximum Gasteiger partial charge on any atom is 0.409 e. The molecule has 0 radical (unpaired) electrons. The summed E-state index contributed by atoms with van der Waals surface area (Å²) in [5.41, 5.74) is 0.877. The Balaban J connectivity index is 1.37. The minimum atomic E-state index is -4.42. The summed E-state index contributed by atoms with van der Waals surface area (Å²) in [6, 6.07) is 4.63. The van der Waals surface area contributed by atoms with E-state index < -0.39 is 12.0 Å². The molecular formula is C28H40F4. The van der Waals surface area contributed by atoms with Gasteiger partial charge in [-0.2, -0.15) is 13.2 Å². The fourth-order valence-electron chi connectivity index (χ4n) is 6.00. The predicted molar refractivity (Wildman–Crippen MR) is 125 cm³/mol. The van der Waals surface area contributed by atoms with E-state index in [0.717, 1.165) is 42.2 Å². The van der Waals surface area contributed by atoms with Crippen molar-refractivity contribution in [3.05, 3.63) is 41.2 Å². The first-order valence-electron chi connectivity index (χ1n) is 12.9. The van der Waals surface area contributed by atoms with E-state index in [2.05, 4.69) is 6.92 Å². The van der Waals surface area contributed by atoms with Crippen LogP contribution in [0.4, 0.5) is 17.6 Å². The summed E-state index contributed by atoms with van der Waals surface area (Å²) >= 11 is 0. The van der Waals surface area contributed by atoms with Gasteiger partial charge in [-0.15, -0.1) is 0 Å². The fraction of sp³-hybridized carbons (Fsp3) is 0.714.